The lowest BCUT2D eigenvalue weighted by molar-refractivity contribution is 0.0740. The van der Waals surface area contributed by atoms with E-state index in [1.807, 2.05) is 24.3 Å². The van der Waals surface area contributed by atoms with Crippen LogP contribution in [0.2, 0.25) is 5.02 Å². The average Bonchev–Trinajstić information content (AvgIpc) is 2.55. The number of para-hydroxylation sites is 1. The Morgan fingerprint density at radius 1 is 1.18 bits per heavy atom. The Kier molecular flexibility index (Phi) is 4.11. The highest BCUT2D eigenvalue weighted by molar-refractivity contribution is 6.33. The fourth-order valence-electron chi connectivity index (χ4n) is 2.51. The van der Waals surface area contributed by atoms with Crippen LogP contribution in [0.1, 0.15) is 10.5 Å². The van der Waals surface area contributed by atoms with Crippen LogP contribution in [0.25, 0.3) is 0 Å². The lowest BCUT2D eigenvalue weighted by Crippen LogP contribution is -2.49. The van der Waals surface area contributed by atoms with Gasteiger partial charge in [-0.05, 0) is 12.1 Å². The highest BCUT2D eigenvalue weighted by Gasteiger charge is 2.24. The first-order valence-corrected chi connectivity index (χ1v) is 7.36. The van der Waals surface area contributed by atoms with Gasteiger partial charge in [-0.1, -0.05) is 23.7 Å². The monoisotopic (exact) mass is 318 g/mol. The van der Waals surface area contributed by atoms with Gasteiger partial charge in [0.1, 0.15) is 5.69 Å². The van der Waals surface area contributed by atoms with Crippen molar-refractivity contribution in [2.24, 2.45) is 0 Å². The fourth-order valence-corrected chi connectivity index (χ4v) is 2.76. The molecule has 0 radical (unpaired) electrons. The van der Waals surface area contributed by atoms with E-state index in [9.17, 15) is 9.59 Å². The van der Waals surface area contributed by atoms with Gasteiger partial charge in [0.2, 0.25) is 0 Å². The summed E-state index contributed by atoms with van der Waals surface area (Å²) in [4.78, 5) is 33.8. The summed E-state index contributed by atoms with van der Waals surface area (Å²) >= 11 is 6.20. The van der Waals surface area contributed by atoms with Crippen LogP contribution < -0.4 is 10.5 Å². The number of halogens is 1. The van der Waals surface area contributed by atoms with E-state index >= 15 is 0 Å². The Morgan fingerprint density at radius 2 is 1.91 bits per heavy atom. The van der Waals surface area contributed by atoms with Crippen molar-refractivity contribution in [3.05, 3.63) is 57.7 Å². The first-order chi connectivity index (χ1) is 10.6. The summed E-state index contributed by atoms with van der Waals surface area (Å²) in [5.74, 6) is -0.218. The van der Waals surface area contributed by atoms with E-state index in [1.54, 1.807) is 4.90 Å². The second-order valence-electron chi connectivity index (χ2n) is 5.03. The van der Waals surface area contributed by atoms with Gasteiger partial charge in [-0.25, -0.2) is 4.98 Å². The molecule has 2 heterocycles. The summed E-state index contributed by atoms with van der Waals surface area (Å²) in [5.41, 5.74) is 0.827. The van der Waals surface area contributed by atoms with Gasteiger partial charge in [-0.3, -0.25) is 9.59 Å². The van der Waals surface area contributed by atoms with Crippen molar-refractivity contribution in [1.82, 2.24) is 14.9 Å². The zero-order valence-electron chi connectivity index (χ0n) is 11.8. The summed E-state index contributed by atoms with van der Waals surface area (Å²) in [6.45, 7) is 2.52. The van der Waals surface area contributed by atoms with Crippen molar-refractivity contribution < 1.29 is 4.79 Å². The van der Waals surface area contributed by atoms with Gasteiger partial charge in [0.05, 0.1) is 17.0 Å². The van der Waals surface area contributed by atoms with Crippen molar-refractivity contribution in [2.45, 2.75) is 0 Å². The van der Waals surface area contributed by atoms with Crippen molar-refractivity contribution >= 4 is 23.2 Å². The average molecular weight is 319 g/mol. The van der Waals surface area contributed by atoms with Crippen LogP contribution in [0.3, 0.4) is 0 Å². The molecule has 0 unspecified atom stereocenters. The van der Waals surface area contributed by atoms with E-state index in [4.69, 9.17) is 11.6 Å². The number of rotatable bonds is 2. The Bertz CT molecular complexity index is 738. The molecule has 2 aromatic rings. The maximum absolute atomic E-state index is 12.3. The van der Waals surface area contributed by atoms with Gasteiger partial charge in [0, 0.05) is 32.2 Å². The third-order valence-corrected chi connectivity index (χ3v) is 3.98. The number of H-pyrrole nitrogens is 1. The number of nitrogens with one attached hydrogen (secondary N) is 1. The molecule has 0 saturated carbocycles. The van der Waals surface area contributed by atoms with Crippen LogP contribution in [0.15, 0.2) is 41.5 Å². The standard InChI is InChI=1S/C15H15ClN4O2/c16-11-3-1-2-4-13(11)19-5-7-20(8-6-19)15(22)12-9-14(21)18-10-17-12/h1-4,9-10H,5-8H2,(H,17,18,21). The quantitative estimate of drug-likeness (QED) is 0.908. The predicted molar refractivity (Wildman–Crippen MR) is 84.4 cm³/mol. The smallest absolute Gasteiger partial charge is 0.272 e. The second kappa shape index (κ2) is 6.19. The number of benzene rings is 1. The van der Waals surface area contributed by atoms with Crippen LogP contribution in [0.4, 0.5) is 5.69 Å². The molecule has 7 heteroatoms. The Labute approximate surface area is 132 Å². The minimum atomic E-state index is -0.326. The Morgan fingerprint density at radius 3 is 2.59 bits per heavy atom. The number of aromatic nitrogens is 2. The molecule has 22 heavy (non-hydrogen) atoms. The summed E-state index contributed by atoms with van der Waals surface area (Å²) in [6.07, 6.45) is 1.25. The summed E-state index contributed by atoms with van der Waals surface area (Å²) < 4.78 is 0. The lowest BCUT2D eigenvalue weighted by atomic mass is 10.2. The molecule has 0 spiro atoms. The second-order valence-corrected chi connectivity index (χ2v) is 5.43. The number of piperazine rings is 1. The number of hydrogen-bond acceptors (Lipinski definition) is 4. The van der Waals surface area contributed by atoms with Crippen molar-refractivity contribution in [2.75, 3.05) is 31.1 Å². The molecule has 114 valence electrons. The van der Waals surface area contributed by atoms with Crippen LogP contribution in [0.5, 0.6) is 0 Å². The van der Waals surface area contributed by atoms with E-state index < -0.39 is 0 Å². The van der Waals surface area contributed by atoms with E-state index in [0.29, 0.717) is 31.2 Å². The minimum Gasteiger partial charge on any atom is -0.367 e. The molecule has 1 fully saturated rings. The maximum atomic E-state index is 12.3. The minimum absolute atomic E-state index is 0.176. The normalized spacial score (nSPS) is 15.0. The number of hydrogen-bond donors (Lipinski definition) is 1. The molecule has 6 nitrogen and oxygen atoms in total. The maximum Gasteiger partial charge on any atom is 0.272 e. The number of carbonyl (C=O) groups excluding carboxylic acids is 1. The zero-order valence-corrected chi connectivity index (χ0v) is 12.6. The van der Waals surface area contributed by atoms with Gasteiger partial charge in [-0.2, -0.15) is 0 Å². The van der Waals surface area contributed by atoms with Gasteiger partial charge >= 0.3 is 0 Å². The molecule has 0 bridgehead atoms. The largest absolute Gasteiger partial charge is 0.367 e. The number of aromatic amines is 1. The van der Waals surface area contributed by atoms with E-state index in [1.165, 1.54) is 12.4 Å². The molecule has 1 aromatic heterocycles. The van der Waals surface area contributed by atoms with Crippen molar-refractivity contribution in [3.63, 3.8) is 0 Å². The number of nitrogens with zero attached hydrogens (tertiary/aromatic N) is 3. The highest BCUT2D eigenvalue weighted by atomic mass is 35.5. The van der Waals surface area contributed by atoms with Crippen LogP contribution in [0, 0.1) is 0 Å². The van der Waals surface area contributed by atoms with Crippen LogP contribution >= 0.6 is 11.6 Å². The summed E-state index contributed by atoms with van der Waals surface area (Å²) in [5, 5.41) is 0.707. The molecule has 0 atom stereocenters. The van der Waals surface area contributed by atoms with Crippen molar-refractivity contribution in [3.8, 4) is 0 Å². The number of carbonyl (C=O) groups is 1. The van der Waals surface area contributed by atoms with Crippen molar-refractivity contribution in [1.29, 1.82) is 0 Å². The van der Waals surface area contributed by atoms with Gasteiger partial charge in [0.25, 0.3) is 11.5 Å². The molecule has 1 aromatic carbocycles. The molecule has 1 aliphatic heterocycles. The lowest BCUT2D eigenvalue weighted by Gasteiger charge is -2.36. The number of amides is 1. The van der Waals surface area contributed by atoms with Crippen LogP contribution in [-0.4, -0.2) is 47.0 Å². The van der Waals surface area contributed by atoms with Gasteiger partial charge in [-0.15, -0.1) is 0 Å². The molecule has 3 rings (SSSR count). The van der Waals surface area contributed by atoms with E-state index in [0.717, 1.165) is 5.69 Å². The zero-order chi connectivity index (χ0) is 15.5. The first kappa shape index (κ1) is 14.6. The Hall–Kier alpha value is -2.34. The first-order valence-electron chi connectivity index (χ1n) is 6.98. The van der Waals surface area contributed by atoms with E-state index in [-0.39, 0.29) is 17.2 Å². The van der Waals surface area contributed by atoms with E-state index in [2.05, 4.69) is 14.9 Å². The summed E-state index contributed by atoms with van der Waals surface area (Å²) in [7, 11) is 0. The highest BCUT2D eigenvalue weighted by Crippen LogP contribution is 2.26. The predicted octanol–water partition coefficient (Wildman–Crippen LogP) is 1.39. The summed E-state index contributed by atoms with van der Waals surface area (Å²) in [6, 6.07) is 8.89. The number of anilines is 1. The Balaban J connectivity index is 1.68. The molecule has 1 saturated heterocycles. The van der Waals surface area contributed by atoms with Gasteiger partial charge < -0.3 is 14.8 Å². The molecule has 0 aliphatic carbocycles. The van der Waals surface area contributed by atoms with Gasteiger partial charge in [0.15, 0.2) is 0 Å². The third kappa shape index (κ3) is 2.96. The molecule has 1 aliphatic rings. The molecular formula is C15H15ClN4O2. The third-order valence-electron chi connectivity index (χ3n) is 3.66. The molecule has 1 N–H and O–H groups in total. The SMILES string of the molecule is O=C(c1cc(=O)[nH]cn1)N1CCN(c2ccccc2Cl)CC1. The fraction of sp³-hybridized carbons (Fsp3) is 0.267. The van der Waals surface area contributed by atoms with Crippen LogP contribution in [-0.2, 0) is 0 Å². The topological polar surface area (TPSA) is 69.3 Å². The molecular weight excluding hydrogens is 304 g/mol. The molecule has 1 amide bonds.